The molecule has 9 heteroatoms. The molecule has 0 spiro atoms. The third-order valence-corrected chi connectivity index (χ3v) is 7.40. The van der Waals surface area contributed by atoms with Gasteiger partial charge in [-0.1, -0.05) is 71.2 Å². The number of hydrogen-bond acceptors (Lipinski definition) is 4. The van der Waals surface area contributed by atoms with E-state index in [1.165, 1.54) is 11.3 Å². The van der Waals surface area contributed by atoms with Gasteiger partial charge in [0.2, 0.25) is 0 Å². The lowest BCUT2D eigenvalue weighted by Gasteiger charge is -2.14. The molecule has 5 rings (SSSR count). The van der Waals surface area contributed by atoms with Crippen molar-refractivity contribution >= 4 is 96.1 Å². The molecule has 34 heavy (non-hydrogen) atoms. The lowest BCUT2D eigenvalue weighted by atomic mass is 10.0. The molecule has 5 aromatic rings. The van der Waals surface area contributed by atoms with Crippen LogP contribution in [0.3, 0.4) is 0 Å². The summed E-state index contributed by atoms with van der Waals surface area (Å²) in [7, 11) is 0. The summed E-state index contributed by atoms with van der Waals surface area (Å²) in [6, 6.07) is 22.0. The summed E-state index contributed by atoms with van der Waals surface area (Å²) in [5.74, 6) is -0.359. The van der Waals surface area contributed by atoms with E-state index in [9.17, 15) is 4.79 Å². The number of aromatic nitrogens is 1. The maximum atomic E-state index is 13.0. The third-order valence-electron chi connectivity index (χ3n) is 5.17. The van der Waals surface area contributed by atoms with Crippen LogP contribution in [0.25, 0.3) is 31.6 Å². The Balaban J connectivity index is 1.40. The molecular formula is C25H14Cl3N3OS2. The largest absolute Gasteiger partial charge is 0.331 e. The van der Waals surface area contributed by atoms with Crippen molar-refractivity contribution in [1.29, 1.82) is 0 Å². The highest BCUT2D eigenvalue weighted by Gasteiger charge is 2.16. The Labute approximate surface area is 219 Å². The molecular weight excluding hydrogens is 529 g/mol. The number of carbonyl (C=O) groups is 1. The number of hydrogen-bond donors (Lipinski definition) is 2. The Morgan fingerprint density at radius 3 is 2.44 bits per heavy atom. The fourth-order valence-corrected chi connectivity index (χ4v) is 5.60. The zero-order valence-electron chi connectivity index (χ0n) is 17.2. The van der Waals surface area contributed by atoms with Crippen molar-refractivity contribution in [3.63, 3.8) is 0 Å². The van der Waals surface area contributed by atoms with Gasteiger partial charge >= 0.3 is 0 Å². The van der Waals surface area contributed by atoms with Crippen LogP contribution in [0, 0.1) is 0 Å². The van der Waals surface area contributed by atoms with Crippen LogP contribution in [0.1, 0.15) is 10.4 Å². The Morgan fingerprint density at radius 2 is 1.62 bits per heavy atom. The molecule has 1 amide bonds. The molecule has 1 heterocycles. The van der Waals surface area contributed by atoms with E-state index in [2.05, 4.69) is 15.6 Å². The maximum Gasteiger partial charge on any atom is 0.258 e. The molecule has 168 valence electrons. The quantitative estimate of drug-likeness (QED) is 0.226. The SMILES string of the molecule is O=C(NC(=S)Nc1cc(-c2nc3ccccc3s2)c(Cl)cc1Cl)c1cccc2c(Cl)cccc12. The van der Waals surface area contributed by atoms with Crippen LogP contribution in [0.4, 0.5) is 5.69 Å². The lowest BCUT2D eigenvalue weighted by molar-refractivity contribution is 0.0979. The number of rotatable bonds is 3. The van der Waals surface area contributed by atoms with E-state index in [4.69, 9.17) is 47.0 Å². The van der Waals surface area contributed by atoms with Crippen LogP contribution in [0.2, 0.25) is 15.1 Å². The van der Waals surface area contributed by atoms with Crippen LogP contribution in [0.15, 0.2) is 72.8 Å². The highest BCUT2D eigenvalue weighted by molar-refractivity contribution is 7.80. The van der Waals surface area contributed by atoms with E-state index in [0.717, 1.165) is 26.0 Å². The van der Waals surface area contributed by atoms with E-state index in [1.807, 2.05) is 36.4 Å². The zero-order chi connectivity index (χ0) is 23.8. The second-order valence-corrected chi connectivity index (χ2v) is 10.0. The molecule has 4 aromatic carbocycles. The summed E-state index contributed by atoms with van der Waals surface area (Å²) in [5.41, 5.74) is 2.57. The van der Waals surface area contributed by atoms with E-state index in [-0.39, 0.29) is 11.0 Å². The van der Waals surface area contributed by atoms with Crippen LogP contribution in [0.5, 0.6) is 0 Å². The normalized spacial score (nSPS) is 11.0. The van der Waals surface area contributed by atoms with Gasteiger partial charge in [0, 0.05) is 21.5 Å². The molecule has 4 nitrogen and oxygen atoms in total. The number of thiocarbonyl (C=S) groups is 1. The number of nitrogens with one attached hydrogen (secondary N) is 2. The number of nitrogens with zero attached hydrogens (tertiary/aromatic N) is 1. The number of benzene rings is 4. The number of carbonyl (C=O) groups excluding carboxylic acids is 1. The minimum atomic E-state index is -0.359. The minimum absolute atomic E-state index is 0.100. The van der Waals surface area contributed by atoms with Crippen molar-refractivity contribution in [2.75, 3.05) is 5.32 Å². The second kappa shape index (κ2) is 9.49. The molecule has 0 bridgehead atoms. The average molecular weight is 543 g/mol. The third kappa shape index (κ3) is 4.48. The highest BCUT2D eigenvalue weighted by Crippen LogP contribution is 2.39. The standard InChI is InChI=1S/C25H14Cl3N3OS2/c26-17-8-4-5-13-14(17)6-3-7-15(13)23(32)31-25(33)30-21-11-16(18(27)12-19(21)28)24-29-20-9-1-2-10-22(20)34-24/h1-12H,(H2,30,31,32,33). The first-order chi connectivity index (χ1) is 16.4. The molecule has 2 N–H and O–H groups in total. The molecule has 0 saturated heterocycles. The van der Waals surface area contributed by atoms with Gasteiger partial charge in [0.25, 0.3) is 5.91 Å². The summed E-state index contributed by atoms with van der Waals surface area (Å²) >= 11 is 26.1. The van der Waals surface area contributed by atoms with Crippen molar-refractivity contribution in [3.05, 3.63) is 93.4 Å². The summed E-state index contributed by atoms with van der Waals surface area (Å²) in [6.45, 7) is 0. The molecule has 0 saturated carbocycles. The predicted molar refractivity (Wildman–Crippen MR) is 148 cm³/mol. The molecule has 0 atom stereocenters. The second-order valence-electron chi connectivity index (χ2n) is 7.35. The zero-order valence-corrected chi connectivity index (χ0v) is 21.1. The summed E-state index contributed by atoms with van der Waals surface area (Å²) in [5, 5.41) is 9.50. The van der Waals surface area contributed by atoms with Gasteiger partial charge in [-0.25, -0.2) is 4.98 Å². The minimum Gasteiger partial charge on any atom is -0.331 e. The average Bonchev–Trinajstić information content (AvgIpc) is 3.24. The van der Waals surface area contributed by atoms with E-state index in [1.54, 1.807) is 36.4 Å². The predicted octanol–water partition coefficient (Wildman–Crippen LogP) is 8.20. The van der Waals surface area contributed by atoms with Crippen LogP contribution in [-0.4, -0.2) is 16.0 Å². The Morgan fingerprint density at radius 1 is 0.853 bits per heavy atom. The van der Waals surface area contributed by atoms with Crippen LogP contribution in [-0.2, 0) is 0 Å². The van der Waals surface area contributed by atoms with Crippen molar-refractivity contribution in [1.82, 2.24) is 10.3 Å². The topological polar surface area (TPSA) is 54.0 Å². The van der Waals surface area contributed by atoms with Crippen molar-refractivity contribution in [2.24, 2.45) is 0 Å². The fourth-order valence-electron chi connectivity index (χ4n) is 3.59. The molecule has 0 aliphatic rings. The van der Waals surface area contributed by atoms with E-state index >= 15 is 0 Å². The molecule has 1 aromatic heterocycles. The van der Waals surface area contributed by atoms with Gasteiger partial charge < -0.3 is 5.32 Å². The first-order valence-electron chi connectivity index (χ1n) is 10.1. The van der Waals surface area contributed by atoms with Crippen LogP contribution >= 0.6 is 58.4 Å². The van der Waals surface area contributed by atoms with Gasteiger partial charge in [0.1, 0.15) is 5.01 Å². The van der Waals surface area contributed by atoms with E-state index in [0.29, 0.717) is 31.9 Å². The molecule has 0 aliphatic heterocycles. The Bertz CT molecular complexity index is 1570. The maximum absolute atomic E-state index is 13.0. The first-order valence-corrected chi connectivity index (χ1v) is 12.4. The molecule has 0 aliphatic carbocycles. The van der Waals surface area contributed by atoms with Crippen molar-refractivity contribution in [3.8, 4) is 10.6 Å². The van der Waals surface area contributed by atoms with Gasteiger partial charge in [-0.2, -0.15) is 0 Å². The van der Waals surface area contributed by atoms with Gasteiger partial charge in [-0.3, -0.25) is 10.1 Å². The number of halogens is 3. The molecule has 0 fully saturated rings. The molecule has 0 unspecified atom stereocenters. The lowest BCUT2D eigenvalue weighted by Crippen LogP contribution is -2.34. The van der Waals surface area contributed by atoms with Gasteiger partial charge in [0.15, 0.2) is 5.11 Å². The summed E-state index contributed by atoms with van der Waals surface area (Å²) in [4.78, 5) is 17.6. The van der Waals surface area contributed by atoms with Crippen molar-refractivity contribution < 1.29 is 4.79 Å². The van der Waals surface area contributed by atoms with Crippen molar-refractivity contribution in [2.45, 2.75) is 0 Å². The molecule has 0 radical (unpaired) electrons. The smallest absolute Gasteiger partial charge is 0.258 e. The summed E-state index contributed by atoms with van der Waals surface area (Å²) in [6.07, 6.45) is 0. The fraction of sp³-hybridized carbons (Fsp3) is 0. The number of para-hydroxylation sites is 1. The van der Waals surface area contributed by atoms with Crippen LogP contribution < -0.4 is 10.6 Å². The van der Waals surface area contributed by atoms with Gasteiger partial charge in [0.05, 0.1) is 25.9 Å². The van der Waals surface area contributed by atoms with E-state index < -0.39 is 0 Å². The Kier molecular flexibility index (Phi) is 6.42. The van der Waals surface area contributed by atoms with Gasteiger partial charge in [-0.05, 0) is 54.0 Å². The highest BCUT2D eigenvalue weighted by atomic mass is 35.5. The first kappa shape index (κ1) is 23.0. The number of thiazole rings is 1. The monoisotopic (exact) mass is 541 g/mol. The Hall–Kier alpha value is -2.74. The number of anilines is 1. The number of amides is 1. The summed E-state index contributed by atoms with van der Waals surface area (Å²) < 4.78 is 1.05. The van der Waals surface area contributed by atoms with Gasteiger partial charge in [-0.15, -0.1) is 11.3 Å². The number of fused-ring (bicyclic) bond motifs is 2.